The fourth-order valence-corrected chi connectivity index (χ4v) is 6.29. The van der Waals surface area contributed by atoms with E-state index in [0.29, 0.717) is 19.3 Å². The monoisotopic (exact) mass is 476 g/mol. The van der Waals surface area contributed by atoms with E-state index in [1.165, 1.54) is 4.31 Å². The highest BCUT2D eigenvalue weighted by Crippen LogP contribution is 2.26. The molecule has 2 aromatic rings. The van der Waals surface area contributed by atoms with Crippen LogP contribution in [0.4, 0.5) is 0 Å². The van der Waals surface area contributed by atoms with Gasteiger partial charge in [0.05, 0.1) is 23.6 Å². The molecule has 1 aliphatic heterocycles. The summed E-state index contributed by atoms with van der Waals surface area (Å²) >= 11 is 6.56. The van der Waals surface area contributed by atoms with Gasteiger partial charge in [0, 0.05) is 13.1 Å². The van der Waals surface area contributed by atoms with Gasteiger partial charge in [-0.05, 0) is 43.4 Å². The van der Waals surface area contributed by atoms with Crippen molar-refractivity contribution in [2.45, 2.75) is 50.4 Å². The Labute approximate surface area is 197 Å². The van der Waals surface area contributed by atoms with E-state index in [1.807, 2.05) is 67.6 Å². The molecule has 1 heterocycles. The molecule has 1 unspecified atom stereocenters. The van der Waals surface area contributed by atoms with Gasteiger partial charge in [0.25, 0.3) is 0 Å². The first kappa shape index (κ1) is 24.7. The maximum Gasteiger partial charge on any atom is 0.240 e. The third-order valence-electron chi connectivity index (χ3n) is 5.95. The number of rotatable bonds is 10. The number of benzene rings is 2. The average molecular weight is 477 g/mol. The second-order valence-electron chi connectivity index (χ2n) is 8.41. The number of amides is 1. The van der Waals surface area contributed by atoms with Gasteiger partial charge < -0.3 is 4.90 Å². The lowest BCUT2D eigenvalue weighted by Gasteiger charge is -2.38. The highest BCUT2D eigenvalue weighted by atomic mass is 35.5. The highest BCUT2D eigenvalue weighted by molar-refractivity contribution is 7.89. The number of likely N-dealkylation sites (tertiary alicyclic amines) is 1. The maximum atomic E-state index is 13.1. The molecule has 1 amide bonds. The molecule has 2 aromatic carbocycles. The lowest BCUT2D eigenvalue weighted by molar-refractivity contribution is -0.127. The van der Waals surface area contributed by atoms with Gasteiger partial charge in [-0.1, -0.05) is 67.6 Å². The van der Waals surface area contributed by atoms with E-state index < -0.39 is 10.0 Å². The lowest BCUT2D eigenvalue weighted by Crippen LogP contribution is -2.51. The number of halogens is 1. The number of piperidine rings is 1. The van der Waals surface area contributed by atoms with Crippen molar-refractivity contribution in [3.8, 4) is 0 Å². The van der Waals surface area contributed by atoms with Crippen molar-refractivity contribution in [1.82, 2.24) is 9.21 Å². The van der Waals surface area contributed by atoms with Crippen LogP contribution in [0, 0.1) is 0 Å². The average Bonchev–Trinajstić information content (AvgIpc) is 2.79. The van der Waals surface area contributed by atoms with Crippen molar-refractivity contribution in [2.24, 2.45) is 0 Å². The lowest BCUT2D eigenvalue weighted by atomic mass is 10.0. The van der Waals surface area contributed by atoms with Gasteiger partial charge in [-0.15, -0.1) is 11.6 Å². The minimum atomic E-state index is -3.63. The summed E-state index contributed by atoms with van der Waals surface area (Å²) in [5.74, 6) is -0.327. The van der Waals surface area contributed by atoms with Crippen LogP contribution in [0.3, 0.4) is 0 Å². The normalized spacial score (nSPS) is 16.6. The van der Waals surface area contributed by atoms with Gasteiger partial charge in [0.1, 0.15) is 0 Å². The summed E-state index contributed by atoms with van der Waals surface area (Å²) < 4.78 is 27.2. The molecule has 0 radical (unpaired) electrons. The van der Waals surface area contributed by atoms with Crippen LogP contribution in [0.1, 0.15) is 49.1 Å². The van der Waals surface area contributed by atoms with Crippen LogP contribution in [0.5, 0.6) is 0 Å². The van der Waals surface area contributed by atoms with Crippen molar-refractivity contribution in [2.75, 3.05) is 25.4 Å². The Morgan fingerprint density at radius 1 is 1.06 bits per heavy atom. The molecule has 32 heavy (non-hydrogen) atoms. The SMILES string of the molecule is CCCS(=O)(=O)N(C(=O)Cc1ccccc1)C1CCN(CCC(Cl)c2ccccc2)CC1. The van der Waals surface area contributed by atoms with E-state index in [4.69, 9.17) is 11.6 Å². The van der Waals surface area contributed by atoms with Gasteiger partial charge in [0.2, 0.25) is 15.9 Å². The summed E-state index contributed by atoms with van der Waals surface area (Å²) in [6, 6.07) is 19.1. The summed E-state index contributed by atoms with van der Waals surface area (Å²) in [6.45, 7) is 4.21. The van der Waals surface area contributed by atoms with Crippen molar-refractivity contribution < 1.29 is 13.2 Å². The van der Waals surface area contributed by atoms with Crippen LogP contribution in [0.25, 0.3) is 0 Å². The predicted molar refractivity (Wildman–Crippen MR) is 130 cm³/mol. The van der Waals surface area contributed by atoms with Gasteiger partial charge in [-0.25, -0.2) is 12.7 Å². The number of carbonyl (C=O) groups excluding carboxylic acids is 1. The Hall–Kier alpha value is -1.89. The zero-order valence-corrected chi connectivity index (χ0v) is 20.3. The van der Waals surface area contributed by atoms with Gasteiger partial charge in [-0.3, -0.25) is 4.79 Å². The Morgan fingerprint density at radius 3 is 2.25 bits per heavy atom. The molecule has 3 rings (SSSR count). The summed E-state index contributed by atoms with van der Waals surface area (Å²) in [7, 11) is -3.63. The zero-order valence-electron chi connectivity index (χ0n) is 18.7. The molecule has 0 saturated carbocycles. The van der Waals surface area contributed by atoms with E-state index >= 15 is 0 Å². The number of nitrogens with zero attached hydrogens (tertiary/aromatic N) is 2. The molecule has 1 atom stereocenters. The minimum Gasteiger partial charge on any atom is -0.303 e. The molecule has 0 spiro atoms. The van der Waals surface area contributed by atoms with Crippen LogP contribution in [0.2, 0.25) is 0 Å². The fraction of sp³-hybridized carbons (Fsp3) is 0.480. The Balaban J connectivity index is 1.60. The first-order valence-corrected chi connectivity index (χ1v) is 13.5. The zero-order chi connectivity index (χ0) is 23.0. The standard InChI is InChI=1S/C25H33ClN2O3S/c1-2-19-32(30,31)28(25(29)20-21-9-5-3-6-10-21)23-13-16-27(17-14-23)18-15-24(26)22-11-7-4-8-12-22/h3-12,23-24H,2,13-20H2,1H3. The second kappa shape index (κ2) is 11.8. The molecule has 0 N–H and O–H groups in total. The highest BCUT2D eigenvalue weighted by Gasteiger charge is 2.35. The molecule has 0 aliphatic carbocycles. The smallest absolute Gasteiger partial charge is 0.240 e. The van der Waals surface area contributed by atoms with Crippen LogP contribution >= 0.6 is 11.6 Å². The molecule has 1 fully saturated rings. The quantitative estimate of drug-likeness (QED) is 0.469. The third-order valence-corrected chi connectivity index (χ3v) is 8.45. The fourth-order valence-electron chi connectivity index (χ4n) is 4.29. The van der Waals surface area contributed by atoms with Gasteiger partial charge >= 0.3 is 0 Å². The Bertz CT molecular complexity index is 946. The van der Waals surface area contributed by atoms with E-state index in [0.717, 1.165) is 37.2 Å². The first-order valence-electron chi connectivity index (χ1n) is 11.4. The molecular formula is C25H33ClN2O3S. The van der Waals surface area contributed by atoms with E-state index in [-0.39, 0.29) is 29.5 Å². The number of carbonyl (C=O) groups is 1. The van der Waals surface area contributed by atoms with E-state index in [9.17, 15) is 13.2 Å². The molecule has 1 aliphatic rings. The largest absolute Gasteiger partial charge is 0.303 e. The molecule has 1 saturated heterocycles. The Morgan fingerprint density at radius 2 is 1.66 bits per heavy atom. The van der Waals surface area contributed by atoms with Crippen molar-refractivity contribution in [3.05, 3.63) is 71.8 Å². The van der Waals surface area contributed by atoms with Gasteiger partial charge in [0.15, 0.2) is 0 Å². The summed E-state index contributed by atoms with van der Waals surface area (Å²) in [4.78, 5) is 15.4. The number of hydrogen-bond acceptors (Lipinski definition) is 4. The summed E-state index contributed by atoms with van der Waals surface area (Å²) in [5, 5.41) is -0.0391. The third kappa shape index (κ3) is 6.80. The summed E-state index contributed by atoms with van der Waals surface area (Å²) in [6.07, 6.45) is 2.74. The van der Waals surface area contributed by atoms with Crippen molar-refractivity contribution in [1.29, 1.82) is 0 Å². The van der Waals surface area contributed by atoms with Crippen LogP contribution < -0.4 is 0 Å². The number of sulfonamides is 1. The summed E-state index contributed by atoms with van der Waals surface area (Å²) in [5.41, 5.74) is 1.95. The molecule has 0 aromatic heterocycles. The molecule has 0 bridgehead atoms. The van der Waals surface area contributed by atoms with Crippen LogP contribution in [0.15, 0.2) is 60.7 Å². The number of hydrogen-bond donors (Lipinski definition) is 0. The predicted octanol–water partition coefficient (Wildman–Crippen LogP) is 4.63. The van der Waals surface area contributed by atoms with Crippen molar-refractivity contribution in [3.63, 3.8) is 0 Å². The minimum absolute atomic E-state index is 0.00124. The Kier molecular flexibility index (Phi) is 9.14. The molecular weight excluding hydrogens is 444 g/mol. The maximum absolute atomic E-state index is 13.1. The van der Waals surface area contributed by atoms with Gasteiger partial charge in [-0.2, -0.15) is 0 Å². The van der Waals surface area contributed by atoms with Crippen LogP contribution in [-0.4, -0.2) is 55.0 Å². The van der Waals surface area contributed by atoms with E-state index in [1.54, 1.807) is 0 Å². The molecule has 5 nitrogen and oxygen atoms in total. The van der Waals surface area contributed by atoms with E-state index in [2.05, 4.69) is 4.90 Å². The first-order chi connectivity index (χ1) is 15.4. The van der Waals surface area contributed by atoms with Crippen molar-refractivity contribution >= 4 is 27.5 Å². The molecule has 174 valence electrons. The molecule has 7 heteroatoms. The second-order valence-corrected chi connectivity index (χ2v) is 10.9. The topological polar surface area (TPSA) is 57.7 Å². The number of alkyl halides is 1. The van der Waals surface area contributed by atoms with Crippen LogP contribution in [-0.2, 0) is 21.2 Å².